The Kier molecular flexibility index (Phi) is 13.2. The molecule has 0 saturated heterocycles. The molecule has 0 aromatic heterocycles. The molecule has 0 fully saturated rings. The van der Waals surface area contributed by atoms with Gasteiger partial charge in [-0.05, 0) is 4.57 Å². The van der Waals surface area contributed by atoms with Crippen molar-refractivity contribution in [3.05, 3.63) is 0 Å². The highest BCUT2D eigenvalue weighted by molar-refractivity contribution is 7.36. The van der Waals surface area contributed by atoms with E-state index in [1.165, 1.54) is 7.11 Å². The molecule has 0 radical (unpaired) electrons. The van der Waals surface area contributed by atoms with Gasteiger partial charge in [0.15, 0.2) is 0 Å². The summed E-state index contributed by atoms with van der Waals surface area (Å²) in [5.74, 6) is 0. The molecule has 4 N–H and O–H groups in total. The molecule has 0 bridgehead atoms. The first-order valence-corrected chi connectivity index (χ1v) is 4.64. The predicted octanol–water partition coefficient (Wildman–Crippen LogP) is 0.0642. The standard InChI is InChI=1S/C5H15N3O2P.CH4/c1-10-11(9)8-5-4-7-3-2-6;/h7H,2-6H2,1H3,(H,8,9);1H4/q+1;. The van der Waals surface area contributed by atoms with E-state index < -0.39 is 8.18 Å². The Hall–Kier alpha value is -0.0600. The summed E-state index contributed by atoms with van der Waals surface area (Å²) in [6.07, 6.45) is 0. The van der Waals surface area contributed by atoms with E-state index in [9.17, 15) is 4.57 Å². The maximum atomic E-state index is 10.6. The minimum atomic E-state index is -1.67. The highest BCUT2D eigenvalue weighted by Crippen LogP contribution is 2.11. The van der Waals surface area contributed by atoms with Gasteiger partial charge in [0.25, 0.3) is 0 Å². The summed E-state index contributed by atoms with van der Waals surface area (Å²) >= 11 is 0. The van der Waals surface area contributed by atoms with Crippen LogP contribution in [0.1, 0.15) is 7.43 Å². The van der Waals surface area contributed by atoms with E-state index in [2.05, 4.69) is 14.9 Å². The number of hydrogen-bond donors (Lipinski definition) is 3. The minimum absolute atomic E-state index is 0. The van der Waals surface area contributed by atoms with E-state index in [0.29, 0.717) is 13.1 Å². The van der Waals surface area contributed by atoms with Crippen LogP contribution in [0.3, 0.4) is 0 Å². The molecule has 6 heteroatoms. The van der Waals surface area contributed by atoms with E-state index in [1.807, 2.05) is 0 Å². The lowest BCUT2D eigenvalue weighted by molar-refractivity contribution is 0.404. The van der Waals surface area contributed by atoms with Crippen LogP contribution in [0.4, 0.5) is 0 Å². The van der Waals surface area contributed by atoms with Gasteiger partial charge >= 0.3 is 8.18 Å². The van der Waals surface area contributed by atoms with E-state index in [4.69, 9.17) is 5.73 Å². The van der Waals surface area contributed by atoms with Crippen molar-refractivity contribution in [2.75, 3.05) is 33.3 Å². The van der Waals surface area contributed by atoms with Crippen molar-refractivity contribution in [3.63, 3.8) is 0 Å². The second kappa shape index (κ2) is 10.9. The number of nitrogens with one attached hydrogen (secondary N) is 2. The van der Waals surface area contributed by atoms with E-state index in [0.717, 1.165) is 13.1 Å². The molecule has 5 nitrogen and oxygen atoms in total. The maximum Gasteiger partial charge on any atom is 0.612 e. The minimum Gasteiger partial charge on any atom is -0.329 e. The summed E-state index contributed by atoms with van der Waals surface area (Å²) in [5, 5.41) is 5.72. The van der Waals surface area contributed by atoms with Gasteiger partial charge in [0.2, 0.25) is 0 Å². The summed E-state index contributed by atoms with van der Waals surface area (Å²) in [4.78, 5) is 0. The first kappa shape index (κ1) is 14.5. The van der Waals surface area contributed by atoms with E-state index in [-0.39, 0.29) is 7.43 Å². The third-order valence-corrected chi connectivity index (χ3v) is 1.84. The van der Waals surface area contributed by atoms with Crippen LogP contribution in [-0.4, -0.2) is 33.3 Å². The Balaban J connectivity index is 0. The first-order valence-electron chi connectivity index (χ1n) is 3.47. The van der Waals surface area contributed by atoms with Crippen molar-refractivity contribution >= 4 is 8.18 Å². The quantitative estimate of drug-likeness (QED) is 0.396. The molecule has 0 amide bonds. The molecule has 0 saturated carbocycles. The van der Waals surface area contributed by atoms with Crippen molar-refractivity contribution in [3.8, 4) is 0 Å². The lowest BCUT2D eigenvalue weighted by atomic mass is 10.6. The van der Waals surface area contributed by atoms with Crippen LogP contribution in [-0.2, 0) is 9.09 Å². The van der Waals surface area contributed by atoms with Gasteiger partial charge in [0.1, 0.15) is 0 Å². The van der Waals surface area contributed by atoms with Gasteiger partial charge in [-0.15, -0.1) is 4.52 Å². The molecule has 74 valence electrons. The van der Waals surface area contributed by atoms with Gasteiger partial charge in [-0.2, -0.15) is 0 Å². The Bertz CT molecular complexity index is 113. The van der Waals surface area contributed by atoms with Gasteiger partial charge < -0.3 is 11.1 Å². The SMILES string of the molecule is C.CO[P+](=O)NCCNCCN. The molecular weight excluding hydrogens is 177 g/mol. The second-order valence-electron chi connectivity index (χ2n) is 1.89. The fourth-order valence-electron chi connectivity index (χ4n) is 0.527. The zero-order chi connectivity index (χ0) is 8.53. The molecule has 0 aliphatic carbocycles. The molecule has 1 atom stereocenters. The van der Waals surface area contributed by atoms with Crippen LogP contribution in [0.2, 0.25) is 0 Å². The van der Waals surface area contributed by atoms with Crippen molar-refractivity contribution in [2.24, 2.45) is 5.73 Å². The van der Waals surface area contributed by atoms with Crippen molar-refractivity contribution in [1.29, 1.82) is 0 Å². The summed E-state index contributed by atoms with van der Waals surface area (Å²) in [7, 11) is -0.269. The Morgan fingerprint density at radius 3 is 2.58 bits per heavy atom. The fraction of sp³-hybridized carbons (Fsp3) is 1.00. The van der Waals surface area contributed by atoms with Crippen LogP contribution >= 0.6 is 8.18 Å². The van der Waals surface area contributed by atoms with Crippen LogP contribution < -0.4 is 16.1 Å². The first-order chi connectivity index (χ1) is 5.31. The molecule has 0 heterocycles. The molecule has 0 spiro atoms. The Labute approximate surface area is 75.0 Å². The lowest BCUT2D eigenvalue weighted by Gasteiger charge is -1.97. The zero-order valence-corrected chi connectivity index (χ0v) is 7.56. The summed E-state index contributed by atoms with van der Waals surface area (Å²) in [5.41, 5.74) is 5.23. The molecule has 1 unspecified atom stereocenters. The third-order valence-electron chi connectivity index (χ3n) is 1.03. The largest absolute Gasteiger partial charge is 0.612 e. The lowest BCUT2D eigenvalue weighted by Crippen LogP contribution is -2.28. The fourth-order valence-corrected chi connectivity index (χ4v) is 0.951. The summed E-state index contributed by atoms with van der Waals surface area (Å²) in [6.45, 7) is 2.78. The van der Waals surface area contributed by atoms with Gasteiger partial charge in [0, 0.05) is 19.6 Å². The monoisotopic (exact) mass is 196 g/mol. The average Bonchev–Trinajstić information content (AvgIpc) is 2.04. The summed E-state index contributed by atoms with van der Waals surface area (Å²) in [6, 6.07) is 0. The average molecular weight is 196 g/mol. The van der Waals surface area contributed by atoms with Gasteiger partial charge in [-0.25, -0.2) is 0 Å². The smallest absolute Gasteiger partial charge is 0.329 e. The molecule has 0 aromatic carbocycles. The van der Waals surface area contributed by atoms with E-state index >= 15 is 0 Å². The zero-order valence-electron chi connectivity index (χ0n) is 6.67. The normalized spacial score (nSPS) is 10.7. The van der Waals surface area contributed by atoms with E-state index in [1.54, 1.807) is 0 Å². The number of hydrogen-bond acceptors (Lipinski definition) is 4. The molecule has 0 aromatic rings. The molecule has 0 aliphatic rings. The van der Waals surface area contributed by atoms with Crippen LogP contribution in [0, 0.1) is 0 Å². The topological polar surface area (TPSA) is 76.4 Å². The highest BCUT2D eigenvalue weighted by atomic mass is 31.1. The summed E-state index contributed by atoms with van der Waals surface area (Å²) < 4.78 is 15.1. The van der Waals surface area contributed by atoms with Crippen LogP contribution in [0.5, 0.6) is 0 Å². The van der Waals surface area contributed by atoms with Gasteiger partial charge in [-0.3, -0.25) is 0 Å². The van der Waals surface area contributed by atoms with Gasteiger partial charge in [-0.1, -0.05) is 12.5 Å². The van der Waals surface area contributed by atoms with Crippen LogP contribution in [0.15, 0.2) is 0 Å². The number of rotatable bonds is 7. The second-order valence-corrected chi connectivity index (χ2v) is 3.08. The van der Waals surface area contributed by atoms with Crippen molar-refractivity contribution < 1.29 is 9.09 Å². The Morgan fingerprint density at radius 1 is 1.42 bits per heavy atom. The van der Waals surface area contributed by atoms with Crippen molar-refractivity contribution in [2.45, 2.75) is 7.43 Å². The highest BCUT2D eigenvalue weighted by Gasteiger charge is 2.11. The molecule has 0 aliphatic heterocycles. The van der Waals surface area contributed by atoms with Crippen molar-refractivity contribution in [1.82, 2.24) is 10.4 Å². The maximum absolute atomic E-state index is 10.6. The molecular formula is C6H19N3O2P+. The van der Waals surface area contributed by atoms with Crippen LogP contribution in [0.25, 0.3) is 0 Å². The predicted molar refractivity (Wildman–Crippen MR) is 51.3 cm³/mol. The third kappa shape index (κ3) is 9.94. The molecule has 0 rings (SSSR count). The number of nitrogens with two attached hydrogens (primary N) is 1. The Morgan fingerprint density at radius 2 is 2.08 bits per heavy atom. The molecule has 12 heavy (non-hydrogen) atoms. The van der Waals surface area contributed by atoms with Gasteiger partial charge in [0.05, 0.1) is 13.7 Å².